The normalized spacial score (nSPS) is 12.3. The monoisotopic (exact) mass is 293 g/mol. The van der Waals surface area contributed by atoms with Gasteiger partial charge >= 0.3 is 12.0 Å². The summed E-state index contributed by atoms with van der Waals surface area (Å²) >= 11 is 0. The van der Waals surface area contributed by atoms with Crippen LogP contribution in [0.5, 0.6) is 0 Å². The van der Waals surface area contributed by atoms with Crippen molar-refractivity contribution in [1.82, 2.24) is 5.32 Å². The molecular weight excluding hydrogens is 274 g/mol. The van der Waals surface area contributed by atoms with Crippen LogP contribution in [0.4, 0.5) is 10.5 Å². The van der Waals surface area contributed by atoms with Gasteiger partial charge in [0, 0.05) is 11.3 Å². The molecule has 0 aliphatic carbocycles. The molecule has 0 aromatic heterocycles. The van der Waals surface area contributed by atoms with Gasteiger partial charge < -0.3 is 21.5 Å². The first-order chi connectivity index (χ1) is 9.61. The lowest BCUT2D eigenvalue weighted by atomic mass is 9.86. The summed E-state index contributed by atoms with van der Waals surface area (Å²) in [6.07, 6.45) is 0. The molecule has 0 aliphatic heterocycles. The van der Waals surface area contributed by atoms with Crippen molar-refractivity contribution in [3.05, 3.63) is 29.8 Å². The lowest BCUT2D eigenvalue weighted by Crippen LogP contribution is -2.49. The average molecular weight is 293 g/mol. The molecule has 0 spiro atoms. The van der Waals surface area contributed by atoms with E-state index in [0.717, 1.165) is 0 Å². The molecule has 1 aromatic rings. The second-order valence-corrected chi connectivity index (χ2v) is 5.68. The topological polar surface area (TPSA) is 122 Å². The molecule has 7 nitrogen and oxygen atoms in total. The fourth-order valence-corrected chi connectivity index (χ4v) is 1.71. The van der Waals surface area contributed by atoms with Crippen LogP contribution >= 0.6 is 0 Å². The van der Waals surface area contributed by atoms with Crippen LogP contribution in [0.25, 0.3) is 0 Å². The maximum absolute atomic E-state index is 12.1. The van der Waals surface area contributed by atoms with Crippen LogP contribution in [0.1, 0.15) is 31.1 Å². The standard InChI is InChI=1S/C14H19N3O4/c1-14(2,3)10(12(19)20)17-11(18)8-4-6-9(7-5-8)16-13(15)21/h4-7,10H,1-3H3,(H,17,18)(H,19,20)(H3,15,16,21). The van der Waals surface area contributed by atoms with Gasteiger partial charge in [0.05, 0.1) is 0 Å². The van der Waals surface area contributed by atoms with Crippen molar-refractivity contribution in [1.29, 1.82) is 0 Å². The Morgan fingerprint density at radius 1 is 1.14 bits per heavy atom. The first-order valence-electron chi connectivity index (χ1n) is 6.31. The number of aliphatic carboxylic acids is 1. The quantitative estimate of drug-likeness (QED) is 0.670. The molecule has 5 N–H and O–H groups in total. The molecule has 0 saturated carbocycles. The third-order valence-corrected chi connectivity index (χ3v) is 2.80. The molecular formula is C14H19N3O4. The van der Waals surface area contributed by atoms with Gasteiger partial charge in [-0.15, -0.1) is 0 Å². The first-order valence-corrected chi connectivity index (χ1v) is 6.31. The van der Waals surface area contributed by atoms with Crippen molar-refractivity contribution >= 4 is 23.6 Å². The SMILES string of the molecule is CC(C)(C)C(NC(=O)c1ccc(NC(N)=O)cc1)C(=O)O. The summed E-state index contributed by atoms with van der Waals surface area (Å²) in [5.74, 6) is -1.59. The van der Waals surface area contributed by atoms with Crippen molar-refractivity contribution in [3.63, 3.8) is 0 Å². The number of carbonyl (C=O) groups excluding carboxylic acids is 2. The van der Waals surface area contributed by atoms with Gasteiger partial charge in [-0.05, 0) is 29.7 Å². The van der Waals surface area contributed by atoms with E-state index in [1.54, 1.807) is 20.8 Å². The smallest absolute Gasteiger partial charge is 0.326 e. The van der Waals surface area contributed by atoms with Crippen LogP contribution in [-0.2, 0) is 4.79 Å². The number of benzene rings is 1. The lowest BCUT2D eigenvalue weighted by Gasteiger charge is -2.27. The minimum Gasteiger partial charge on any atom is -0.480 e. The molecule has 0 heterocycles. The van der Waals surface area contributed by atoms with Gasteiger partial charge in [0.1, 0.15) is 6.04 Å². The first kappa shape index (κ1) is 16.5. The van der Waals surface area contributed by atoms with Crippen molar-refractivity contribution in [2.24, 2.45) is 11.1 Å². The Bertz CT molecular complexity index is 546. The number of hydrogen-bond acceptors (Lipinski definition) is 3. The van der Waals surface area contributed by atoms with E-state index >= 15 is 0 Å². The van der Waals surface area contributed by atoms with E-state index in [1.165, 1.54) is 24.3 Å². The Hall–Kier alpha value is -2.57. The van der Waals surface area contributed by atoms with Crippen LogP contribution in [0, 0.1) is 5.41 Å². The minimum absolute atomic E-state index is 0.292. The number of nitrogens with two attached hydrogens (primary N) is 1. The van der Waals surface area contributed by atoms with E-state index in [4.69, 9.17) is 5.73 Å². The Labute approximate surface area is 122 Å². The number of nitrogens with one attached hydrogen (secondary N) is 2. The summed E-state index contributed by atoms with van der Waals surface area (Å²) in [6.45, 7) is 5.18. The second-order valence-electron chi connectivity index (χ2n) is 5.68. The van der Waals surface area contributed by atoms with E-state index in [-0.39, 0.29) is 0 Å². The summed E-state index contributed by atoms with van der Waals surface area (Å²) in [5, 5.41) is 14.0. The van der Waals surface area contributed by atoms with Crippen molar-refractivity contribution < 1.29 is 19.5 Å². The molecule has 0 radical (unpaired) electrons. The Morgan fingerprint density at radius 2 is 1.67 bits per heavy atom. The highest BCUT2D eigenvalue weighted by Gasteiger charge is 2.32. The number of rotatable bonds is 4. The molecule has 1 atom stereocenters. The fraction of sp³-hybridized carbons (Fsp3) is 0.357. The molecule has 1 aromatic carbocycles. The highest BCUT2D eigenvalue weighted by Crippen LogP contribution is 2.20. The van der Waals surface area contributed by atoms with Gasteiger partial charge in [-0.2, -0.15) is 0 Å². The molecule has 0 fully saturated rings. The average Bonchev–Trinajstić information content (AvgIpc) is 2.34. The number of urea groups is 1. The molecule has 0 saturated heterocycles. The number of carboxylic acid groups (broad SMARTS) is 1. The maximum atomic E-state index is 12.1. The minimum atomic E-state index is -1.09. The Morgan fingerprint density at radius 3 is 2.05 bits per heavy atom. The summed E-state index contributed by atoms with van der Waals surface area (Å²) in [5.41, 5.74) is 5.10. The number of carboxylic acids is 1. The van der Waals surface area contributed by atoms with Crippen molar-refractivity contribution in [2.45, 2.75) is 26.8 Å². The number of carbonyl (C=O) groups is 3. The van der Waals surface area contributed by atoms with Crippen molar-refractivity contribution in [2.75, 3.05) is 5.32 Å². The van der Waals surface area contributed by atoms with Crippen LogP contribution < -0.4 is 16.4 Å². The third kappa shape index (κ3) is 4.79. The summed E-state index contributed by atoms with van der Waals surface area (Å²) < 4.78 is 0. The van der Waals surface area contributed by atoms with Gasteiger partial charge in [-0.3, -0.25) is 4.79 Å². The number of primary amides is 1. The van der Waals surface area contributed by atoms with Gasteiger partial charge in [0.25, 0.3) is 5.91 Å². The van der Waals surface area contributed by atoms with Gasteiger partial charge in [0.2, 0.25) is 0 Å². The second kappa shape index (κ2) is 6.25. The molecule has 114 valence electrons. The number of anilines is 1. The largest absolute Gasteiger partial charge is 0.480 e. The molecule has 1 unspecified atom stereocenters. The van der Waals surface area contributed by atoms with E-state index in [0.29, 0.717) is 11.3 Å². The van der Waals surface area contributed by atoms with E-state index in [2.05, 4.69) is 10.6 Å². The number of hydrogen-bond donors (Lipinski definition) is 4. The van der Waals surface area contributed by atoms with E-state index in [1.807, 2.05) is 0 Å². The zero-order valence-corrected chi connectivity index (χ0v) is 12.1. The predicted molar refractivity (Wildman–Crippen MR) is 78.0 cm³/mol. The van der Waals surface area contributed by atoms with Gasteiger partial charge in [-0.1, -0.05) is 20.8 Å². The predicted octanol–water partition coefficient (Wildman–Crippen LogP) is 1.41. The van der Waals surface area contributed by atoms with E-state index in [9.17, 15) is 19.5 Å². The van der Waals surface area contributed by atoms with Crippen LogP contribution in [-0.4, -0.2) is 29.1 Å². The van der Waals surface area contributed by atoms with Gasteiger partial charge in [-0.25, -0.2) is 9.59 Å². The summed E-state index contributed by atoms with van der Waals surface area (Å²) in [7, 11) is 0. The van der Waals surface area contributed by atoms with Crippen LogP contribution in [0.2, 0.25) is 0 Å². The zero-order valence-electron chi connectivity index (χ0n) is 12.1. The molecule has 0 aliphatic rings. The highest BCUT2D eigenvalue weighted by atomic mass is 16.4. The summed E-state index contributed by atoms with van der Waals surface area (Å²) in [6, 6.07) is 4.25. The van der Waals surface area contributed by atoms with E-state index < -0.39 is 29.4 Å². The maximum Gasteiger partial charge on any atom is 0.326 e. The molecule has 7 heteroatoms. The fourth-order valence-electron chi connectivity index (χ4n) is 1.71. The van der Waals surface area contributed by atoms with Crippen LogP contribution in [0.3, 0.4) is 0 Å². The Balaban J connectivity index is 2.84. The number of amides is 3. The van der Waals surface area contributed by atoms with Crippen LogP contribution in [0.15, 0.2) is 24.3 Å². The highest BCUT2D eigenvalue weighted by molar-refractivity contribution is 5.97. The molecule has 21 heavy (non-hydrogen) atoms. The summed E-state index contributed by atoms with van der Waals surface area (Å²) in [4.78, 5) is 34.0. The molecule has 1 rings (SSSR count). The zero-order chi connectivity index (χ0) is 16.2. The third-order valence-electron chi connectivity index (χ3n) is 2.80. The molecule has 0 bridgehead atoms. The lowest BCUT2D eigenvalue weighted by molar-refractivity contribution is -0.142. The Kier molecular flexibility index (Phi) is 4.91. The van der Waals surface area contributed by atoms with Gasteiger partial charge in [0.15, 0.2) is 0 Å². The van der Waals surface area contributed by atoms with Crippen molar-refractivity contribution in [3.8, 4) is 0 Å². The molecule has 3 amide bonds.